The number of nitrogens with zero attached hydrogens (tertiary/aromatic N) is 1. The highest BCUT2D eigenvalue weighted by molar-refractivity contribution is 8.24. The molecule has 0 unspecified atom stereocenters. The molecule has 0 bridgehead atoms. The van der Waals surface area contributed by atoms with E-state index in [1.54, 1.807) is 18.4 Å². The second-order valence-electron chi connectivity index (χ2n) is 5.67. The lowest BCUT2D eigenvalue weighted by Gasteiger charge is -2.13. The van der Waals surface area contributed by atoms with Gasteiger partial charge in [0, 0.05) is 13.0 Å². The summed E-state index contributed by atoms with van der Waals surface area (Å²) in [5, 5.41) is 2.41. The van der Waals surface area contributed by atoms with Gasteiger partial charge in [0.2, 0.25) is 11.8 Å². The largest absolute Gasteiger partial charge is 0.467 e. The summed E-state index contributed by atoms with van der Waals surface area (Å²) in [7, 11) is 0. The van der Waals surface area contributed by atoms with Crippen LogP contribution < -0.4 is 5.32 Å². The molecule has 2 amide bonds. The number of thiocarbonyl (C=S) groups is 1. The molecule has 2 heterocycles. The molecule has 1 aliphatic rings. The third kappa shape index (κ3) is 4.70. The summed E-state index contributed by atoms with van der Waals surface area (Å²) in [5.41, 5.74) is 1.17. The van der Waals surface area contributed by atoms with Crippen molar-refractivity contribution in [2.75, 3.05) is 6.54 Å². The van der Waals surface area contributed by atoms with E-state index in [1.807, 2.05) is 30.3 Å². The Labute approximate surface area is 155 Å². The second-order valence-corrected chi connectivity index (χ2v) is 7.50. The first-order chi connectivity index (χ1) is 12.1. The summed E-state index contributed by atoms with van der Waals surface area (Å²) in [4.78, 5) is 26.1. The van der Waals surface area contributed by atoms with Crippen LogP contribution in [0.3, 0.4) is 0 Å². The first-order valence-electron chi connectivity index (χ1n) is 7.98. The van der Waals surface area contributed by atoms with Gasteiger partial charge in [0.1, 0.15) is 10.1 Å². The summed E-state index contributed by atoms with van der Waals surface area (Å²) in [6.45, 7) is 0.860. The Morgan fingerprint density at radius 2 is 2.04 bits per heavy atom. The van der Waals surface area contributed by atoms with Crippen LogP contribution in [0.15, 0.2) is 53.1 Å². The molecule has 1 aromatic heterocycles. The van der Waals surface area contributed by atoms with Crippen LogP contribution in [-0.2, 0) is 22.6 Å². The van der Waals surface area contributed by atoms with E-state index in [4.69, 9.17) is 16.6 Å². The summed E-state index contributed by atoms with van der Waals surface area (Å²) in [6.07, 6.45) is 2.46. The van der Waals surface area contributed by atoms with Gasteiger partial charge in [-0.3, -0.25) is 14.5 Å². The Hall–Kier alpha value is -2.12. The predicted octanol–water partition coefficient (Wildman–Crippen LogP) is 2.76. The molecule has 1 atom stereocenters. The molecule has 1 saturated heterocycles. The molecule has 1 aromatic carbocycles. The van der Waals surface area contributed by atoms with Crippen molar-refractivity contribution in [1.29, 1.82) is 0 Å². The van der Waals surface area contributed by atoms with Crippen molar-refractivity contribution in [3.05, 3.63) is 60.1 Å². The maximum absolute atomic E-state index is 12.5. The molecular formula is C18H18N2O3S2. The molecule has 1 aliphatic heterocycles. The van der Waals surface area contributed by atoms with E-state index >= 15 is 0 Å². The van der Waals surface area contributed by atoms with Crippen LogP contribution in [0.5, 0.6) is 0 Å². The van der Waals surface area contributed by atoms with Gasteiger partial charge >= 0.3 is 0 Å². The molecule has 1 fully saturated rings. The van der Waals surface area contributed by atoms with Gasteiger partial charge in [-0.25, -0.2) is 0 Å². The van der Waals surface area contributed by atoms with Crippen LogP contribution >= 0.6 is 24.0 Å². The zero-order valence-corrected chi connectivity index (χ0v) is 15.1. The topological polar surface area (TPSA) is 62.6 Å². The lowest BCUT2D eigenvalue weighted by molar-refractivity contribution is -0.129. The molecule has 0 saturated carbocycles. The molecule has 3 rings (SSSR count). The fourth-order valence-corrected chi connectivity index (χ4v) is 4.05. The number of benzene rings is 1. The van der Waals surface area contributed by atoms with Gasteiger partial charge in [0.25, 0.3) is 0 Å². The number of amides is 2. The van der Waals surface area contributed by atoms with Crippen LogP contribution in [0.25, 0.3) is 0 Å². The van der Waals surface area contributed by atoms with Crippen molar-refractivity contribution in [3.63, 3.8) is 0 Å². The summed E-state index contributed by atoms with van der Waals surface area (Å²) < 4.78 is 5.75. The van der Waals surface area contributed by atoms with Gasteiger partial charge in [-0.2, -0.15) is 0 Å². The van der Waals surface area contributed by atoms with E-state index in [0.29, 0.717) is 23.2 Å². The Kier molecular flexibility index (Phi) is 5.88. The number of furan rings is 1. The average Bonchev–Trinajstić information content (AvgIpc) is 3.20. The summed E-state index contributed by atoms with van der Waals surface area (Å²) >= 11 is 6.53. The summed E-state index contributed by atoms with van der Waals surface area (Å²) in [6, 6.07) is 13.5. The maximum Gasteiger partial charge on any atom is 0.242 e. The van der Waals surface area contributed by atoms with E-state index in [1.165, 1.54) is 22.2 Å². The zero-order chi connectivity index (χ0) is 17.6. The number of carbonyl (C=O) groups is 2. The second kappa shape index (κ2) is 8.31. The van der Waals surface area contributed by atoms with Crippen LogP contribution in [0.1, 0.15) is 17.7 Å². The van der Waals surface area contributed by atoms with Crippen LogP contribution in [0, 0.1) is 0 Å². The van der Waals surface area contributed by atoms with Crippen molar-refractivity contribution in [2.24, 2.45) is 0 Å². The minimum absolute atomic E-state index is 0.132. The third-order valence-corrected chi connectivity index (χ3v) is 5.43. The number of rotatable bonds is 7. The highest BCUT2D eigenvalue weighted by Gasteiger charge is 2.38. The number of thioether (sulfide) groups is 1. The summed E-state index contributed by atoms with van der Waals surface area (Å²) in [5.74, 6) is 0.401. The molecule has 25 heavy (non-hydrogen) atoms. The first kappa shape index (κ1) is 17.7. The molecule has 1 N–H and O–H groups in total. The van der Waals surface area contributed by atoms with Crippen molar-refractivity contribution in [2.45, 2.75) is 24.6 Å². The molecule has 2 aromatic rings. The van der Waals surface area contributed by atoms with Crippen molar-refractivity contribution in [1.82, 2.24) is 10.2 Å². The lowest BCUT2D eigenvalue weighted by Crippen LogP contribution is -2.34. The average molecular weight is 374 g/mol. The number of hydrogen-bond acceptors (Lipinski definition) is 5. The van der Waals surface area contributed by atoms with E-state index in [0.717, 1.165) is 6.42 Å². The standard InChI is InChI=1S/C18H18N2O3S2/c21-16(19-9-8-13-5-2-1-3-6-13)11-15-17(22)20(18(24)25-15)12-14-7-4-10-23-14/h1-7,10,15H,8-9,11-12H2,(H,19,21)/t15-/m1/s1. The number of carbonyl (C=O) groups excluding carboxylic acids is 2. The van der Waals surface area contributed by atoms with Crippen LogP contribution in [-0.4, -0.2) is 32.8 Å². The molecule has 130 valence electrons. The van der Waals surface area contributed by atoms with Gasteiger partial charge < -0.3 is 9.73 Å². The van der Waals surface area contributed by atoms with Gasteiger partial charge in [0.05, 0.1) is 18.1 Å². The highest BCUT2D eigenvalue weighted by atomic mass is 32.2. The van der Waals surface area contributed by atoms with E-state index in [9.17, 15) is 9.59 Å². The van der Waals surface area contributed by atoms with Gasteiger partial charge in [0.15, 0.2) is 0 Å². The van der Waals surface area contributed by atoms with Crippen LogP contribution in [0.2, 0.25) is 0 Å². The molecular weight excluding hydrogens is 356 g/mol. The van der Waals surface area contributed by atoms with Crippen molar-refractivity contribution < 1.29 is 14.0 Å². The first-order valence-corrected chi connectivity index (χ1v) is 9.27. The highest BCUT2D eigenvalue weighted by Crippen LogP contribution is 2.30. The molecule has 0 aliphatic carbocycles. The minimum atomic E-state index is -0.459. The lowest BCUT2D eigenvalue weighted by atomic mass is 10.1. The Bertz CT molecular complexity index is 747. The van der Waals surface area contributed by atoms with E-state index in [-0.39, 0.29) is 18.2 Å². The third-order valence-electron chi connectivity index (χ3n) is 3.85. The molecule has 0 spiro atoms. The predicted molar refractivity (Wildman–Crippen MR) is 101 cm³/mol. The molecule has 5 nitrogen and oxygen atoms in total. The monoisotopic (exact) mass is 374 g/mol. The smallest absolute Gasteiger partial charge is 0.242 e. The van der Waals surface area contributed by atoms with Gasteiger partial charge in [-0.15, -0.1) is 0 Å². The molecule has 0 radical (unpaired) electrons. The van der Waals surface area contributed by atoms with Crippen LogP contribution in [0.4, 0.5) is 0 Å². The fourth-order valence-electron chi connectivity index (χ4n) is 2.56. The number of nitrogens with one attached hydrogen (secondary N) is 1. The molecule has 7 heteroatoms. The minimum Gasteiger partial charge on any atom is -0.467 e. The van der Waals surface area contributed by atoms with Crippen molar-refractivity contribution >= 4 is 40.1 Å². The Morgan fingerprint density at radius 1 is 1.24 bits per heavy atom. The van der Waals surface area contributed by atoms with E-state index in [2.05, 4.69) is 5.32 Å². The Morgan fingerprint density at radius 3 is 2.76 bits per heavy atom. The van der Waals surface area contributed by atoms with Crippen molar-refractivity contribution in [3.8, 4) is 0 Å². The zero-order valence-electron chi connectivity index (χ0n) is 13.5. The van der Waals surface area contributed by atoms with Gasteiger partial charge in [-0.1, -0.05) is 54.3 Å². The Balaban J connectivity index is 1.46. The quantitative estimate of drug-likeness (QED) is 0.755. The van der Waals surface area contributed by atoms with Gasteiger partial charge in [-0.05, 0) is 24.1 Å². The van der Waals surface area contributed by atoms with E-state index < -0.39 is 5.25 Å². The maximum atomic E-state index is 12.5. The normalized spacial score (nSPS) is 17.1. The number of hydrogen-bond donors (Lipinski definition) is 1. The SMILES string of the molecule is O=C(C[C@H]1SC(=S)N(Cc2ccco2)C1=O)NCCc1ccccc1. The fraction of sp³-hybridized carbons (Fsp3) is 0.278.